The van der Waals surface area contributed by atoms with Gasteiger partial charge in [-0.15, -0.1) is 0 Å². The van der Waals surface area contributed by atoms with Gasteiger partial charge in [0.15, 0.2) is 0 Å². The lowest BCUT2D eigenvalue weighted by Gasteiger charge is -2.41. The van der Waals surface area contributed by atoms with Crippen molar-refractivity contribution in [2.45, 2.75) is 51.5 Å². The molecule has 1 saturated heterocycles. The van der Waals surface area contributed by atoms with Gasteiger partial charge in [-0.3, -0.25) is 19.4 Å². The van der Waals surface area contributed by atoms with Crippen LogP contribution in [0.5, 0.6) is 0 Å². The summed E-state index contributed by atoms with van der Waals surface area (Å²) in [7, 11) is 1.79. The quantitative estimate of drug-likeness (QED) is 0.666. The molecule has 2 fully saturated rings. The van der Waals surface area contributed by atoms with E-state index >= 15 is 0 Å². The van der Waals surface area contributed by atoms with Gasteiger partial charge in [0.1, 0.15) is 5.54 Å². The maximum Gasteiger partial charge on any atom is 0.237 e. The minimum Gasteiger partial charge on any atom is -0.342 e. The molecular weight excluding hydrogens is 342 g/mol. The van der Waals surface area contributed by atoms with Crippen molar-refractivity contribution in [2.75, 3.05) is 59.4 Å². The minimum absolute atomic E-state index is 0.0334. The van der Waals surface area contributed by atoms with E-state index in [4.69, 9.17) is 0 Å². The highest BCUT2D eigenvalue weighted by Gasteiger charge is 2.39. The fraction of sp³-hybridized carbons (Fsp3) is 0.850. The molecule has 0 bridgehead atoms. The summed E-state index contributed by atoms with van der Waals surface area (Å²) >= 11 is 0. The van der Waals surface area contributed by atoms with Crippen LogP contribution < -0.4 is 0 Å². The number of carbonyl (C=O) groups is 2. The summed E-state index contributed by atoms with van der Waals surface area (Å²) in [5.74, 6) is 0.212. The molecule has 7 nitrogen and oxygen atoms in total. The van der Waals surface area contributed by atoms with Gasteiger partial charge in [-0.1, -0.05) is 19.3 Å². The summed E-state index contributed by atoms with van der Waals surface area (Å²) in [6.07, 6.45) is 4.76. The first-order valence-electron chi connectivity index (χ1n) is 10.4. The van der Waals surface area contributed by atoms with Crippen LogP contribution in [0.3, 0.4) is 0 Å². The Morgan fingerprint density at radius 3 is 1.85 bits per heavy atom. The van der Waals surface area contributed by atoms with E-state index in [2.05, 4.69) is 15.9 Å². The average Bonchev–Trinajstić information content (AvgIpc) is 2.70. The van der Waals surface area contributed by atoms with Crippen LogP contribution in [0.15, 0.2) is 0 Å². The first-order chi connectivity index (χ1) is 13.0. The molecule has 0 atom stereocenters. The largest absolute Gasteiger partial charge is 0.342 e. The summed E-state index contributed by atoms with van der Waals surface area (Å²) in [5.41, 5.74) is -0.618. The highest BCUT2D eigenvalue weighted by Crippen LogP contribution is 2.32. The van der Waals surface area contributed by atoms with E-state index in [1.807, 2.05) is 18.7 Å². The minimum atomic E-state index is -0.618. The molecule has 0 radical (unpaired) electrons. The Kier molecular flexibility index (Phi) is 8.06. The fourth-order valence-corrected chi connectivity index (χ4v) is 4.17. The van der Waals surface area contributed by atoms with E-state index in [-0.39, 0.29) is 11.8 Å². The average molecular weight is 378 g/mol. The molecule has 27 heavy (non-hydrogen) atoms. The van der Waals surface area contributed by atoms with Gasteiger partial charge in [-0.25, -0.2) is 0 Å². The standard InChI is InChI=1S/C20H35N5O2/c1-4-25(5-2)19(27)16-24-13-11-23(12-14-24)15-18(26)22(3)20(17-21)9-7-6-8-10-20/h4-16H2,1-3H3. The molecule has 1 aliphatic heterocycles. The normalized spacial score (nSPS) is 20.7. The second kappa shape index (κ2) is 10.0. The smallest absolute Gasteiger partial charge is 0.237 e. The maximum atomic E-state index is 12.8. The third-order valence-corrected chi connectivity index (χ3v) is 6.20. The monoisotopic (exact) mass is 377 g/mol. The maximum absolute atomic E-state index is 12.8. The number of likely N-dealkylation sites (N-methyl/N-ethyl adjacent to an activating group) is 2. The SMILES string of the molecule is CCN(CC)C(=O)CN1CCN(CC(=O)N(C)C2(C#N)CCCCC2)CC1. The van der Waals surface area contributed by atoms with Gasteiger partial charge < -0.3 is 9.80 Å². The third kappa shape index (κ3) is 5.43. The Morgan fingerprint density at radius 2 is 1.41 bits per heavy atom. The van der Waals surface area contributed by atoms with Gasteiger partial charge in [-0.2, -0.15) is 5.26 Å². The Labute approximate surface area is 163 Å². The third-order valence-electron chi connectivity index (χ3n) is 6.20. The second-order valence-corrected chi connectivity index (χ2v) is 7.78. The van der Waals surface area contributed by atoms with Crippen LogP contribution >= 0.6 is 0 Å². The first-order valence-corrected chi connectivity index (χ1v) is 10.4. The van der Waals surface area contributed by atoms with Gasteiger partial charge in [0.25, 0.3) is 0 Å². The fourth-order valence-electron chi connectivity index (χ4n) is 4.17. The van der Waals surface area contributed by atoms with Crippen molar-refractivity contribution in [3.05, 3.63) is 0 Å². The van der Waals surface area contributed by atoms with E-state index in [0.29, 0.717) is 13.1 Å². The van der Waals surface area contributed by atoms with Gasteiger partial charge in [-0.05, 0) is 26.7 Å². The zero-order valence-electron chi connectivity index (χ0n) is 17.2. The van der Waals surface area contributed by atoms with Crippen molar-refractivity contribution < 1.29 is 9.59 Å². The van der Waals surface area contributed by atoms with E-state index in [1.54, 1.807) is 11.9 Å². The molecule has 1 saturated carbocycles. The summed E-state index contributed by atoms with van der Waals surface area (Å²) < 4.78 is 0. The van der Waals surface area contributed by atoms with E-state index in [9.17, 15) is 14.9 Å². The predicted octanol–water partition coefficient (Wildman–Crippen LogP) is 1.16. The molecule has 1 heterocycles. The molecule has 0 N–H and O–H groups in total. The molecule has 7 heteroatoms. The lowest BCUT2D eigenvalue weighted by atomic mass is 9.81. The number of carbonyl (C=O) groups excluding carboxylic acids is 2. The van der Waals surface area contributed by atoms with Crippen molar-refractivity contribution in [3.63, 3.8) is 0 Å². The summed E-state index contributed by atoms with van der Waals surface area (Å²) in [4.78, 5) is 32.9. The van der Waals surface area contributed by atoms with Crippen molar-refractivity contribution in [1.29, 1.82) is 5.26 Å². The highest BCUT2D eigenvalue weighted by atomic mass is 16.2. The van der Waals surface area contributed by atoms with Crippen LogP contribution in [0, 0.1) is 11.3 Å². The summed E-state index contributed by atoms with van der Waals surface area (Å²) in [5, 5.41) is 9.67. The summed E-state index contributed by atoms with van der Waals surface area (Å²) in [6, 6.07) is 2.42. The topological polar surface area (TPSA) is 70.9 Å². The van der Waals surface area contributed by atoms with Crippen LogP contribution in [-0.2, 0) is 9.59 Å². The molecule has 2 aliphatic rings. The second-order valence-electron chi connectivity index (χ2n) is 7.78. The molecular formula is C20H35N5O2. The molecule has 0 aromatic rings. The van der Waals surface area contributed by atoms with Gasteiger partial charge in [0, 0.05) is 46.3 Å². The molecule has 0 aromatic carbocycles. The van der Waals surface area contributed by atoms with Gasteiger partial charge in [0.05, 0.1) is 19.2 Å². The lowest BCUT2D eigenvalue weighted by molar-refractivity contribution is -0.137. The van der Waals surface area contributed by atoms with E-state index < -0.39 is 5.54 Å². The predicted molar refractivity (Wildman–Crippen MR) is 105 cm³/mol. The number of amides is 2. The molecule has 0 spiro atoms. The Hall–Kier alpha value is -1.65. The van der Waals surface area contributed by atoms with Gasteiger partial charge in [0.2, 0.25) is 11.8 Å². The molecule has 0 unspecified atom stereocenters. The number of hydrogen-bond donors (Lipinski definition) is 0. The van der Waals surface area contributed by atoms with Gasteiger partial charge >= 0.3 is 0 Å². The lowest BCUT2D eigenvalue weighted by Crippen LogP contribution is -2.55. The zero-order valence-corrected chi connectivity index (χ0v) is 17.2. The molecule has 2 amide bonds. The van der Waals surface area contributed by atoms with Crippen LogP contribution in [0.25, 0.3) is 0 Å². The van der Waals surface area contributed by atoms with Crippen molar-refractivity contribution in [3.8, 4) is 6.07 Å². The number of rotatable bonds is 7. The zero-order chi connectivity index (χ0) is 19.9. The van der Waals surface area contributed by atoms with Crippen molar-refractivity contribution in [1.82, 2.24) is 19.6 Å². The van der Waals surface area contributed by atoms with Crippen molar-refractivity contribution in [2.24, 2.45) is 0 Å². The Balaban J connectivity index is 1.80. The number of nitrogens with zero attached hydrogens (tertiary/aromatic N) is 5. The number of hydrogen-bond acceptors (Lipinski definition) is 5. The first kappa shape index (κ1) is 21.6. The van der Waals surface area contributed by atoms with Crippen LogP contribution in [0.4, 0.5) is 0 Å². The molecule has 1 aliphatic carbocycles. The Bertz CT molecular complexity index is 541. The molecule has 0 aromatic heterocycles. The molecule has 2 rings (SSSR count). The number of nitriles is 1. The van der Waals surface area contributed by atoms with Crippen molar-refractivity contribution >= 4 is 11.8 Å². The highest BCUT2D eigenvalue weighted by molar-refractivity contribution is 5.79. The number of piperazine rings is 1. The van der Waals surface area contributed by atoms with Crippen LogP contribution in [0.2, 0.25) is 0 Å². The van der Waals surface area contributed by atoms with Crippen LogP contribution in [0.1, 0.15) is 46.0 Å². The van der Waals surface area contributed by atoms with E-state index in [0.717, 1.165) is 71.4 Å². The summed E-state index contributed by atoms with van der Waals surface area (Å²) in [6.45, 7) is 9.48. The molecule has 152 valence electrons. The Morgan fingerprint density at radius 1 is 0.926 bits per heavy atom. The van der Waals surface area contributed by atoms with E-state index in [1.165, 1.54) is 0 Å². The van der Waals surface area contributed by atoms with Crippen LogP contribution in [-0.4, -0.2) is 96.4 Å².